The van der Waals surface area contributed by atoms with Gasteiger partial charge in [0.2, 0.25) is 0 Å². The number of rotatable bonds is 4. The zero-order valence-corrected chi connectivity index (χ0v) is 9.67. The van der Waals surface area contributed by atoms with Crippen molar-refractivity contribution in [3.63, 3.8) is 0 Å². The molecule has 0 aromatic heterocycles. The number of esters is 2. The molecule has 1 N–H and O–H groups in total. The summed E-state index contributed by atoms with van der Waals surface area (Å²) in [5.74, 6) is -1.16. The second-order valence-corrected chi connectivity index (χ2v) is 3.35. The summed E-state index contributed by atoms with van der Waals surface area (Å²) in [5, 5.41) is 9.05. The molecule has 0 saturated carbocycles. The molecule has 1 rings (SSSR count). The maximum atomic E-state index is 11.6. The van der Waals surface area contributed by atoms with Crippen LogP contribution in [0.5, 0.6) is 5.75 Å². The third-order valence-corrected chi connectivity index (χ3v) is 2.01. The summed E-state index contributed by atoms with van der Waals surface area (Å²) in [7, 11) is 0. The van der Waals surface area contributed by atoms with E-state index in [1.54, 1.807) is 6.92 Å². The lowest BCUT2D eigenvalue weighted by molar-refractivity contribution is -0.152. The fraction of sp³-hybridized carbons (Fsp3) is 0.333. The standard InChI is InChI=1S/C12H14O5/c1-3-16-11(14)8(2)17-12(15)9-4-6-10(13)7-5-9/h4-8,13H,3H2,1-2H3/t8-/m0/s1. The Hall–Kier alpha value is -2.04. The van der Waals surface area contributed by atoms with Gasteiger partial charge in [0, 0.05) is 0 Å². The predicted octanol–water partition coefficient (Wildman–Crippen LogP) is 1.50. The van der Waals surface area contributed by atoms with E-state index in [-0.39, 0.29) is 17.9 Å². The van der Waals surface area contributed by atoms with Crippen LogP contribution in [0, 0.1) is 0 Å². The third-order valence-electron chi connectivity index (χ3n) is 2.01. The van der Waals surface area contributed by atoms with Crippen LogP contribution in [0.1, 0.15) is 24.2 Å². The number of phenolic OH excluding ortho intramolecular Hbond substituents is 1. The first-order valence-corrected chi connectivity index (χ1v) is 5.21. The van der Waals surface area contributed by atoms with Gasteiger partial charge in [0.15, 0.2) is 6.10 Å². The number of aromatic hydroxyl groups is 1. The smallest absolute Gasteiger partial charge is 0.347 e. The van der Waals surface area contributed by atoms with Crippen LogP contribution in [-0.4, -0.2) is 29.8 Å². The fourth-order valence-corrected chi connectivity index (χ4v) is 1.13. The number of carbonyl (C=O) groups is 2. The van der Waals surface area contributed by atoms with Gasteiger partial charge in [-0.1, -0.05) is 0 Å². The zero-order chi connectivity index (χ0) is 12.8. The highest BCUT2D eigenvalue weighted by Crippen LogP contribution is 2.11. The van der Waals surface area contributed by atoms with E-state index in [0.717, 1.165) is 0 Å². The van der Waals surface area contributed by atoms with Crippen LogP contribution >= 0.6 is 0 Å². The van der Waals surface area contributed by atoms with Gasteiger partial charge in [-0.25, -0.2) is 9.59 Å². The van der Waals surface area contributed by atoms with Gasteiger partial charge in [-0.3, -0.25) is 0 Å². The lowest BCUT2D eigenvalue weighted by atomic mass is 10.2. The molecule has 92 valence electrons. The lowest BCUT2D eigenvalue weighted by Crippen LogP contribution is -2.26. The van der Waals surface area contributed by atoms with Crippen LogP contribution in [0.2, 0.25) is 0 Å². The van der Waals surface area contributed by atoms with Gasteiger partial charge in [0.05, 0.1) is 12.2 Å². The van der Waals surface area contributed by atoms with Crippen LogP contribution in [-0.2, 0) is 14.3 Å². The van der Waals surface area contributed by atoms with Crippen molar-refractivity contribution < 1.29 is 24.2 Å². The predicted molar refractivity (Wildman–Crippen MR) is 59.6 cm³/mol. The monoisotopic (exact) mass is 238 g/mol. The van der Waals surface area contributed by atoms with Crippen molar-refractivity contribution in [2.45, 2.75) is 20.0 Å². The molecule has 1 atom stereocenters. The number of carbonyl (C=O) groups excluding carboxylic acids is 2. The summed E-state index contributed by atoms with van der Waals surface area (Å²) in [5.41, 5.74) is 0.263. The van der Waals surface area contributed by atoms with Crippen LogP contribution in [0.3, 0.4) is 0 Å². The molecule has 0 saturated heterocycles. The van der Waals surface area contributed by atoms with Crippen molar-refractivity contribution in [3.8, 4) is 5.75 Å². The Labute approximate surface area is 99.0 Å². The number of benzene rings is 1. The van der Waals surface area contributed by atoms with E-state index in [9.17, 15) is 9.59 Å². The van der Waals surface area contributed by atoms with Crippen LogP contribution in [0.25, 0.3) is 0 Å². The average Bonchev–Trinajstić information content (AvgIpc) is 2.30. The van der Waals surface area contributed by atoms with Gasteiger partial charge in [-0.2, -0.15) is 0 Å². The largest absolute Gasteiger partial charge is 0.508 e. The minimum absolute atomic E-state index is 0.0555. The summed E-state index contributed by atoms with van der Waals surface area (Å²) >= 11 is 0. The Bertz CT molecular complexity index is 396. The molecule has 5 nitrogen and oxygen atoms in total. The summed E-state index contributed by atoms with van der Waals surface area (Å²) in [6, 6.07) is 5.56. The van der Waals surface area contributed by atoms with Crippen molar-refractivity contribution in [2.24, 2.45) is 0 Å². The van der Waals surface area contributed by atoms with Crippen molar-refractivity contribution in [2.75, 3.05) is 6.61 Å². The molecule has 17 heavy (non-hydrogen) atoms. The van der Waals surface area contributed by atoms with Crippen molar-refractivity contribution in [3.05, 3.63) is 29.8 Å². The van der Waals surface area contributed by atoms with E-state index in [0.29, 0.717) is 0 Å². The molecule has 0 amide bonds. The maximum absolute atomic E-state index is 11.6. The molecule has 5 heteroatoms. The van der Waals surface area contributed by atoms with Gasteiger partial charge in [0.1, 0.15) is 5.75 Å². The van der Waals surface area contributed by atoms with Crippen molar-refractivity contribution >= 4 is 11.9 Å². The highest BCUT2D eigenvalue weighted by molar-refractivity contribution is 5.91. The first-order valence-electron chi connectivity index (χ1n) is 5.21. The number of phenols is 1. The first-order chi connectivity index (χ1) is 8.04. The Morgan fingerprint density at radius 3 is 2.41 bits per heavy atom. The Morgan fingerprint density at radius 1 is 1.29 bits per heavy atom. The van der Waals surface area contributed by atoms with Gasteiger partial charge < -0.3 is 14.6 Å². The molecule has 0 aliphatic rings. The molecular weight excluding hydrogens is 224 g/mol. The summed E-state index contributed by atoms with van der Waals surface area (Å²) in [6.07, 6.45) is -0.948. The van der Waals surface area contributed by atoms with Crippen molar-refractivity contribution in [1.82, 2.24) is 0 Å². The minimum Gasteiger partial charge on any atom is -0.508 e. The second-order valence-electron chi connectivity index (χ2n) is 3.35. The molecule has 0 aliphatic carbocycles. The maximum Gasteiger partial charge on any atom is 0.347 e. The zero-order valence-electron chi connectivity index (χ0n) is 9.67. The number of hydrogen-bond acceptors (Lipinski definition) is 5. The average molecular weight is 238 g/mol. The van der Waals surface area contributed by atoms with E-state index in [2.05, 4.69) is 0 Å². The molecule has 1 aromatic rings. The van der Waals surface area contributed by atoms with E-state index in [1.807, 2.05) is 0 Å². The third kappa shape index (κ3) is 3.79. The quantitative estimate of drug-likeness (QED) is 0.805. The molecule has 1 aromatic carbocycles. The molecule has 0 spiro atoms. The van der Waals surface area contributed by atoms with Gasteiger partial charge in [-0.05, 0) is 38.1 Å². The SMILES string of the molecule is CCOC(=O)[C@H](C)OC(=O)c1ccc(O)cc1. The summed E-state index contributed by atoms with van der Waals surface area (Å²) in [4.78, 5) is 22.8. The normalized spacial score (nSPS) is 11.6. The lowest BCUT2D eigenvalue weighted by Gasteiger charge is -2.11. The Balaban J connectivity index is 2.60. The fourth-order valence-electron chi connectivity index (χ4n) is 1.13. The number of hydrogen-bond donors (Lipinski definition) is 1. The van der Waals surface area contributed by atoms with Crippen LogP contribution in [0.15, 0.2) is 24.3 Å². The first kappa shape index (κ1) is 13.0. The van der Waals surface area contributed by atoms with Crippen LogP contribution in [0.4, 0.5) is 0 Å². The highest BCUT2D eigenvalue weighted by Gasteiger charge is 2.19. The molecule has 0 fully saturated rings. The number of ether oxygens (including phenoxy) is 2. The molecular formula is C12H14O5. The molecule has 0 aliphatic heterocycles. The minimum atomic E-state index is -0.948. The summed E-state index contributed by atoms with van der Waals surface area (Å²) in [6.45, 7) is 3.35. The molecule has 0 unspecified atom stereocenters. The highest BCUT2D eigenvalue weighted by atomic mass is 16.6. The van der Waals surface area contributed by atoms with Gasteiger partial charge >= 0.3 is 11.9 Å². The van der Waals surface area contributed by atoms with E-state index in [4.69, 9.17) is 14.6 Å². The van der Waals surface area contributed by atoms with E-state index < -0.39 is 18.0 Å². The summed E-state index contributed by atoms with van der Waals surface area (Å²) < 4.78 is 9.60. The molecule has 0 radical (unpaired) electrons. The van der Waals surface area contributed by atoms with E-state index in [1.165, 1.54) is 31.2 Å². The second kappa shape index (κ2) is 5.89. The van der Waals surface area contributed by atoms with Gasteiger partial charge in [0.25, 0.3) is 0 Å². The Kier molecular flexibility index (Phi) is 4.51. The Morgan fingerprint density at radius 2 is 1.88 bits per heavy atom. The topological polar surface area (TPSA) is 72.8 Å². The molecule has 0 bridgehead atoms. The van der Waals surface area contributed by atoms with Crippen LogP contribution < -0.4 is 0 Å². The molecule has 0 heterocycles. The van der Waals surface area contributed by atoms with E-state index >= 15 is 0 Å². The van der Waals surface area contributed by atoms with Gasteiger partial charge in [-0.15, -0.1) is 0 Å². The van der Waals surface area contributed by atoms with Crippen molar-refractivity contribution in [1.29, 1.82) is 0 Å².